The average molecular weight is 315 g/mol. The summed E-state index contributed by atoms with van der Waals surface area (Å²) in [5.41, 5.74) is 0.505. The van der Waals surface area contributed by atoms with E-state index >= 15 is 0 Å². The van der Waals surface area contributed by atoms with E-state index in [4.69, 9.17) is 4.74 Å². The summed E-state index contributed by atoms with van der Waals surface area (Å²) in [7, 11) is 2.85. The van der Waals surface area contributed by atoms with Gasteiger partial charge in [0.25, 0.3) is 0 Å². The van der Waals surface area contributed by atoms with Crippen LogP contribution in [0.3, 0.4) is 0 Å². The van der Waals surface area contributed by atoms with E-state index in [0.29, 0.717) is 15.8 Å². The van der Waals surface area contributed by atoms with Gasteiger partial charge in [-0.3, -0.25) is 9.59 Å². The highest BCUT2D eigenvalue weighted by molar-refractivity contribution is 9.10. The first-order valence-electron chi connectivity index (χ1n) is 5.44. The number of ether oxygens (including phenoxy) is 2. The summed E-state index contributed by atoms with van der Waals surface area (Å²) in [6.07, 6.45) is 0.110. The van der Waals surface area contributed by atoms with E-state index in [1.54, 1.807) is 25.1 Å². The zero-order chi connectivity index (χ0) is 13.7. The number of benzene rings is 1. The number of carbonyl (C=O) groups is 2. The first kappa shape index (κ1) is 14.7. The number of hydrogen-bond acceptors (Lipinski definition) is 4. The summed E-state index contributed by atoms with van der Waals surface area (Å²) in [5, 5.41) is 0. The van der Waals surface area contributed by atoms with Crippen LogP contribution in [0.4, 0.5) is 0 Å². The van der Waals surface area contributed by atoms with Crippen molar-refractivity contribution in [3.05, 3.63) is 28.2 Å². The Kier molecular flexibility index (Phi) is 5.34. The van der Waals surface area contributed by atoms with E-state index in [0.717, 1.165) is 0 Å². The molecule has 1 aromatic carbocycles. The van der Waals surface area contributed by atoms with Crippen molar-refractivity contribution in [2.45, 2.75) is 13.3 Å². The quantitative estimate of drug-likeness (QED) is 0.619. The van der Waals surface area contributed by atoms with Crippen LogP contribution in [-0.4, -0.2) is 26.0 Å². The van der Waals surface area contributed by atoms with E-state index < -0.39 is 5.92 Å². The van der Waals surface area contributed by atoms with Crippen molar-refractivity contribution in [3.63, 3.8) is 0 Å². The summed E-state index contributed by atoms with van der Waals surface area (Å²) in [6.45, 7) is 1.66. The molecule has 0 bridgehead atoms. The van der Waals surface area contributed by atoms with Crippen molar-refractivity contribution in [2.24, 2.45) is 5.92 Å². The summed E-state index contributed by atoms with van der Waals surface area (Å²) in [5.74, 6) is -0.367. The molecule has 0 aliphatic rings. The fourth-order valence-corrected chi connectivity index (χ4v) is 1.99. The molecule has 98 valence electrons. The van der Waals surface area contributed by atoms with E-state index in [1.165, 1.54) is 14.2 Å². The van der Waals surface area contributed by atoms with Crippen molar-refractivity contribution in [2.75, 3.05) is 14.2 Å². The smallest absolute Gasteiger partial charge is 0.308 e. The van der Waals surface area contributed by atoms with Crippen LogP contribution in [0.2, 0.25) is 0 Å². The predicted molar refractivity (Wildman–Crippen MR) is 70.8 cm³/mol. The van der Waals surface area contributed by atoms with Crippen molar-refractivity contribution < 1.29 is 19.1 Å². The average Bonchev–Trinajstić information content (AvgIpc) is 2.38. The highest BCUT2D eigenvalue weighted by atomic mass is 79.9. The number of Topliss-reactive ketones (excluding diaryl/α,β-unsaturated/α-hetero) is 1. The molecule has 0 amide bonds. The number of hydrogen-bond donors (Lipinski definition) is 0. The lowest BCUT2D eigenvalue weighted by molar-refractivity contribution is -0.144. The van der Waals surface area contributed by atoms with Gasteiger partial charge in [-0.2, -0.15) is 0 Å². The van der Waals surface area contributed by atoms with Gasteiger partial charge in [-0.15, -0.1) is 0 Å². The highest BCUT2D eigenvalue weighted by Gasteiger charge is 2.20. The third kappa shape index (κ3) is 3.57. The van der Waals surface area contributed by atoms with Crippen LogP contribution in [0.5, 0.6) is 5.75 Å². The van der Waals surface area contributed by atoms with Crippen LogP contribution in [0, 0.1) is 5.92 Å². The number of ketones is 1. The van der Waals surface area contributed by atoms with Crippen molar-refractivity contribution in [1.29, 1.82) is 0 Å². The third-order valence-electron chi connectivity index (χ3n) is 2.57. The maximum Gasteiger partial charge on any atom is 0.308 e. The molecule has 0 N–H and O–H groups in total. The Morgan fingerprint density at radius 1 is 1.33 bits per heavy atom. The number of methoxy groups -OCH3 is 2. The van der Waals surface area contributed by atoms with Gasteiger partial charge in [0.2, 0.25) is 0 Å². The van der Waals surface area contributed by atoms with Gasteiger partial charge in [-0.05, 0) is 18.2 Å². The Morgan fingerprint density at radius 3 is 2.56 bits per heavy atom. The Hall–Kier alpha value is -1.36. The topological polar surface area (TPSA) is 52.6 Å². The monoisotopic (exact) mass is 314 g/mol. The molecule has 0 aliphatic heterocycles. The first-order chi connectivity index (χ1) is 8.49. The summed E-state index contributed by atoms with van der Waals surface area (Å²) in [6, 6.07) is 5.15. The molecular formula is C13H15BrO4. The SMILES string of the molecule is COC(=O)C(C)CC(=O)c1cc(OC)ccc1Br. The lowest BCUT2D eigenvalue weighted by Crippen LogP contribution is -2.17. The molecular weight excluding hydrogens is 300 g/mol. The number of carbonyl (C=O) groups excluding carboxylic acids is 2. The standard InChI is InChI=1S/C13H15BrO4/c1-8(13(16)18-3)6-12(15)10-7-9(17-2)4-5-11(10)14/h4-5,7-8H,6H2,1-3H3. The Bertz CT molecular complexity index is 456. The van der Waals surface area contributed by atoms with Crippen LogP contribution in [-0.2, 0) is 9.53 Å². The minimum atomic E-state index is -0.458. The molecule has 0 saturated heterocycles. The van der Waals surface area contributed by atoms with Crippen molar-refractivity contribution in [1.82, 2.24) is 0 Å². The molecule has 0 saturated carbocycles. The van der Waals surface area contributed by atoms with E-state index in [9.17, 15) is 9.59 Å². The van der Waals surface area contributed by atoms with Gasteiger partial charge in [0.15, 0.2) is 5.78 Å². The Morgan fingerprint density at radius 2 is 2.00 bits per heavy atom. The third-order valence-corrected chi connectivity index (χ3v) is 3.26. The van der Waals surface area contributed by atoms with Crippen LogP contribution in [0.25, 0.3) is 0 Å². The zero-order valence-corrected chi connectivity index (χ0v) is 12.1. The molecule has 4 nitrogen and oxygen atoms in total. The molecule has 1 atom stereocenters. The van der Waals surface area contributed by atoms with E-state index in [2.05, 4.69) is 20.7 Å². The van der Waals surface area contributed by atoms with Crippen LogP contribution in [0.1, 0.15) is 23.7 Å². The van der Waals surface area contributed by atoms with E-state index in [-0.39, 0.29) is 18.2 Å². The van der Waals surface area contributed by atoms with Gasteiger partial charge in [0, 0.05) is 16.5 Å². The summed E-state index contributed by atoms with van der Waals surface area (Å²) >= 11 is 3.31. The van der Waals surface area contributed by atoms with Gasteiger partial charge in [0.05, 0.1) is 20.1 Å². The zero-order valence-electron chi connectivity index (χ0n) is 10.5. The molecule has 0 aromatic heterocycles. The number of esters is 1. The molecule has 1 aromatic rings. The van der Waals surface area contributed by atoms with Gasteiger partial charge >= 0.3 is 5.97 Å². The van der Waals surface area contributed by atoms with Crippen LogP contribution < -0.4 is 4.74 Å². The molecule has 1 unspecified atom stereocenters. The minimum Gasteiger partial charge on any atom is -0.497 e. The predicted octanol–water partition coefficient (Wildman–Crippen LogP) is 2.84. The number of halogens is 1. The lowest BCUT2D eigenvalue weighted by atomic mass is 10.00. The van der Waals surface area contributed by atoms with Crippen LogP contribution >= 0.6 is 15.9 Å². The first-order valence-corrected chi connectivity index (χ1v) is 6.23. The Labute approximate surface area is 114 Å². The summed E-state index contributed by atoms with van der Waals surface area (Å²) < 4.78 is 10.4. The Balaban J connectivity index is 2.87. The second kappa shape index (κ2) is 6.54. The molecule has 0 heterocycles. The van der Waals surface area contributed by atoms with Crippen molar-refractivity contribution >= 4 is 27.7 Å². The largest absolute Gasteiger partial charge is 0.497 e. The second-order valence-corrected chi connectivity index (χ2v) is 4.75. The molecule has 0 fully saturated rings. The molecule has 18 heavy (non-hydrogen) atoms. The minimum absolute atomic E-state index is 0.110. The molecule has 0 radical (unpaired) electrons. The fourth-order valence-electron chi connectivity index (χ4n) is 1.52. The fraction of sp³-hybridized carbons (Fsp3) is 0.385. The van der Waals surface area contributed by atoms with Gasteiger partial charge < -0.3 is 9.47 Å². The van der Waals surface area contributed by atoms with Gasteiger partial charge in [-0.25, -0.2) is 0 Å². The molecule has 5 heteroatoms. The summed E-state index contributed by atoms with van der Waals surface area (Å²) in [4.78, 5) is 23.3. The lowest BCUT2D eigenvalue weighted by Gasteiger charge is -2.10. The maximum atomic E-state index is 12.1. The molecule has 0 aliphatic carbocycles. The molecule has 0 spiro atoms. The van der Waals surface area contributed by atoms with Gasteiger partial charge in [-0.1, -0.05) is 22.9 Å². The van der Waals surface area contributed by atoms with Crippen LogP contribution in [0.15, 0.2) is 22.7 Å². The number of rotatable bonds is 5. The van der Waals surface area contributed by atoms with E-state index in [1.807, 2.05) is 0 Å². The highest BCUT2D eigenvalue weighted by Crippen LogP contribution is 2.24. The maximum absolute atomic E-state index is 12.1. The molecule has 1 rings (SSSR count). The van der Waals surface area contributed by atoms with Crippen molar-refractivity contribution in [3.8, 4) is 5.75 Å². The van der Waals surface area contributed by atoms with Gasteiger partial charge in [0.1, 0.15) is 5.75 Å². The second-order valence-electron chi connectivity index (χ2n) is 3.90. The normalized spacial score (nSPS) is 11.8.